The Bertz CT molecular complexity index is 826. The monoisotopic (exact) mass is 460 g/mol. The van der Waals surface area contributed by atoms with E-state index in [1.54, 1.807) is 12.1 Å². The molecule has 1 aromatic rings. The molecule has 2 amide bonds. The summed E-state index contributed by atoms with van der Waals surface area (Å²) in [6, 6.07) is 7.72. The van der Waals surface area contributed by atoms with Crippen molar-refractivity contribution in [1.82, 2.24) is 16.0 Å². The number of hydrogen-bond donors (Lipinski definition) is 4. The standard InChI is InChI=1S/C23H32N4O6/c28-21(13-19-12-18(27-33-19)7-6-16-8-10-24-11-9-16)25-14-20(22(29)30)26-23(31)32-15-17-4-2-1-3-5-17/h1-5,16,19-20,24H,6-15H2,(H,25,28)(H,26,31)(H,29,30)/t19?,20-/m0/s1. The van der Waals surface area contributed by atoms with Crippen molar-refractivity contribution in [2.75, 3.05) is 19.6 Å². The third kappa shape index (κ3) is 8.72. The minimum atomic E-state index is -1.31. The molecule has 33 heavy (non-hydrogen) atoms. The summed E-state index contributed by atoms with van der Waals surface area (Å²) >= 11 is 0. The quantitative estimate of drug-likeness (QED) is 0.395. The Morgan fingerprint density at radius 3 is 2.70 bits per heavy atom. The molecule has 180 valence electrons. The summed E-state index contributed by atoms with van der Waals surface area (Å²) in [4.78, 5) is 41.0. The van der Waals surface area contributed by atoms with Crippen molar-refractivity contribution in [3.05, 3.63) is 35.9 Å². The summed E-state index contributed by atoms with van der Waals surface area (Å²) < 4.78 is 5.04. The zero-order valence-electron chi connectivity index (χ0n) is 18.6. The van der Waals surface area contributed by atoms with Gasteiger partial charge in [0.2, 0.25) is 5.91 Å². The highest BCUT2D eigenvalue weighted by Crippen LogP contribution is 2.22. The van der Waals surface area contributed by atoms with E-state index in [2.05, 4.69) is 21.1 Å². The van der Waals surface area contributed by atoms with Gasteiger partial charge in [0.05, 0.1) is 12.1 Å². The van der Waals surface area contributed by atoms with E-state index in [9.17, 15) is 19.5 Å². The van der Waals surface area contributed by atoms with Crippen LogP contribution in [0.2, 0.25) is 0 Å². The van der Waals surface area contributed by atoms with Crippen LogP contribution in [0.4, 0.5) is 4.79 Å². The molecular formula is C23H32N4O6. The molecule has 2 aliphatic heterocycles. The van der Waals surface area contributed by atoms with E-state index in [4.69, 9.17) is 9.57 Å². The lowest BCUT2D eigenvalue weighted by atomic mass is 9.91. The van der Waals surface area contributed by atoms with E-state index in [-0.39, 0.29) is 31.6 Å². The van der Waals surface area contributed by atoms with Crippen LogP contribution < -0.4 is 16.0 Å². The lowest BCUT2D eigenvalue weighted by Gasteiger charge is -2.22. The molecule has 0 radical (unpaired) electrons. The van der Waals surface area contributed by atoms with Crippen LogP contribution >= 0.6 is 0 Å². The first-order chi connectivity index (χ1) is 16.0. The number of amides is 2. The SMILES string of the molecule is O=C(CC1CC(CCC2CCNCC2)=NO1)NC[C@H](NC(=O)OCc1ccccc1)C(=O)O. The van der Waals surface area contributed by atoms with Crippen LogP contribution in [0.1, 0.15) is 44.1 Å². The fourth-order valence-corrected chi connectivity index (χ4v) is 3.89. The van der Waals surface area contributed by atoms with E-state index >= 15 is 0 Å². The average molecular weight is 461 g/mol. The summed E-state index contributed by atoms with van der Waals surface area (Å²) in [6.07, 6.45) is 3.77. The van der Waals surface area contributed by atoms with Gasteiger partial charge < -0.3 is 30.6 Å². The molecule has 4 N–H and O–H groups in total. The molecule has 1 unspecified atom stereocenters. The number of ether oxygens (including phenoxy) is 1. The topological polar surface area (TPSA) is 138 Å². The van der Waals surface area contributed by atoms with Crippen molar-refractivity contribution < 1.29 is 29.1 Å². The Labute approximate surface area is 193 Å². The normalized spacial score (nSPS) is 19.2. The fourth-order valence-electron chi connectivity index (χ4n) is 3.89. The Hall–Kier alpha value is -3.14. The number of aliphatic carboxylic acids is 1. The summed E-state index contributed by atoms with van der Waals surface area (Å²) in [5.74, 6) is -0.927. The van der Waals surface area contributed by atoms with Gasteiger partial charge in [0.25, 0.3) is 0 Å². The lowest BCUT2D eigenvalue weighted by Crippen LogP contribution is -2.48. The van der Waals surface area contributed by atoms with E-state index in [1.807, 2.05) is 18.2 Å². The number of oxime groups is 1. The van der Waals surface area contributed by atoms with E-state index < -0.39 is 18.1 Å². The second kappa shape index (κ2) is 12.8. The Morgan fingerprint density at radius 2 is 1.97 bits per heavy atom. The van der Waals surface area contributed by atoms with Crippen molar-refractivity contribution in [3.8, 4) is 0 Å². The highest BCUT2D eigenvalue weighted by Gasteiger charge is 2.26. The molecule has 1 fully saturated rings. The van der Waals surface area contributed by atoms with Gasteiger partial charge in [-0.15, -0.1) is 0 Å². The van der Waals surface area contributed by atoms with Gasteiger partial charge >= 0.3 is 12.1 Å². The minimum Gasteiger partial charge on any atom is -0.480 e. The molecule has 0 spiro atoms. The molecule has 0 saturated carbocycles. The van der Waals surface area contributed by atoms with Crippen molar-refractivity contribution in [3.63, 3.8) is 0 Å². The number of hydrogen-bond acceptors (Lipinski definition) is 7. The minimum absolute atomic E-state index is 0.0182. The third-order valence-electron chi connectivity index (χ3n) is 5.81. The maximum atomic E-state index is 12.2. The fraction of sp³-hybridized carbons (Fsp3) is 0.565. The molecule has 2 heterocycles. The summed E-state index contributed by atoms with van der Waals surface area (Å²) in [5.41, 5.74) is 1.75. The molecule has 0 aliphatic carbocycles. The zero-order chi connectivity index (χ0) is 23.5. The summed E-state index contributed by atoms with van der Waals surface area (Å²) in [6.45, 7) is 1.88. The first-order valence-electron chi connectivity index (χ1n) is 11.4. The van der Waals surface area contributed by atoms with E-state index in [1.165, 1.54) is 12.8 Å². The molecule has 1 saturated heterocycles. The highest BCUT2D eigenvalue weighted by molar-refractivity contribution is 5.87. The molecular weight excluding hydrogens is 428 g/mol. The number of piperidine rings is 1. The number of carbonyl (C=O) groups excluding carboxylic acids is 2. The number of carbonyl (C=O) groups is 3. The van der Waals surface area contributed by atoms with Crippen LogP contribution in [0.3, 0.4) is 0 Å². The first-order valence-corrected chi connectivity index (χ1v) is 11.4. The first kappa shape index (κ1) is 24.5. The number of benzene rings is 1. The largest absolute Gasteiger partial charge is 0.480 e. The molecule has 0 bridgehead atoms. The molecule has 10 heteroatoms. The smallest absolute Gasteiger partial charge is 0.408 e. The number of carboxylic acids is 1. The second-order valence-corrected chi connectivity index (χ2v) is 8.43. The van der Waals surface area contributed by atoms with Gasteiger partial charge in [-0.05, 0) is 50.3 Å². The van der Waals surface area contributed by atoms with Gasteiger partial charge in [-0.25, -0.2) is 9.59 Å². The lowest BCUT2D eigenvalue weighted by molar-refractivity contribution is -0.139. The van der Waals surface area contributed by atoms with Crippen molar-refractivity contribution in [1.29, 1.82) is 0 Å². The number of carboxylic acid groups (broad SMARTS) is 1. The second-order valence-electron chi connectivity index (χ2n) is 8.43. The van der Waals surface area contributed by atoms with Gasteiger partial charge in [-0.2, -0.15) is 0 Å². The number of nitrogens with one attached hydrogen (secondary N) is 3. The maximum absolute atomic E-state index is 12.2. The van der Waals surface area contributed by atoms with Gasteiger partial charge in [0, 0.05) is 13.0 Å². The molecule has 0 aromatic heterocycles. The third-order valence-corrected chi connectivity index (χ3v) is 5.81. The Kier molecular flexibility index (Phi) is 9.49. The van der Waals surface area contributed by atoms with E-state index in [0.29, 0.717) is 12.3 Å². The van der Waals surface area contributed by atoms with Gasteiger partial charge in [0.15, 0.2) is 0 Å². The number of alkyl carbamates (subject to hydrolysis) is 1. The number of rotatable bonds is 11. The summed E-state index contributed by atoms with van der Waals surface area (Å²) in [7, 11) is 0. The van der Waals surface area contributed by atoms with Crippen molar-refractivity contribution >= 4 is 23.7 Å². The highest BCUT2D eigenvalue weighted by atomic mass is 16.6. The predicted molar refractivity (Wildman–Crippen MR) is 121 cm³/mol. The maximum Gasteiger partial charge on any atom is 0.408 e. The zero-order valence-corrected chi connectivity index (χ0v) is 18.6. The van der Waals surface area contributed by atoms with Gasteiger partial charge in [0.1, 0.15) is 18.8 Å². The molecule has 10 nitrogen and oxygen atoms in total. The molecule has 2 atom stereocenters. The van der Waals surface area contributed by atoms with Crippen LogP contribution in [-0.2, 0) is 25.8 Å². The molecule has 1 aromatic carbocycles. The van der Waals surface area contributed by atoms with Crippen molar-refractivity contribution in [2.45, 2.75) is 57.3 Å². The number of nitrogens with zero attached hydrogens (tertiary/aromatic N) is 1. The van der Waals surface area contributed by atoms with Crippen LogP contribution in [0.15, 0.2) is 35.5 Å². The molecule has 3 rings (SSSR count). The van der Waals surface area contributed by atoms with E-state index in [0.717, 1.165) is 37.2 Å². The van der Waals surface area contributed by atoms with Crippen LogP contribution in [0.25, 0.3) is 0 Å². The summed E-state index contributed by atoms with van der Waals surface area (Å²) in [5, 5.41) is 21.6. The Morgan fingerprint density at radius 1 is 1.21 bits per heavy atom. The van der Waals surface area contributed by atoms with Crippen molar-refractivity contribution in [2.24, 2.45) is 11.1 Å². The van der Waals surface area contributed by atoms with Crippen LogP contribution in [0.5, 0.6) is 0 Å². The molecule has 2 aliphatic rings. The Balaban J connectivity index is 1.32. The van der Waals surface area contributed by atoms with Gasteiger partial charge in [-0.1, -0.05) is 35.5 Å². The van der Waals surface area contributed by atoms with Crippen LogP contribution in [-0.4, -0.2) is 60.6 Å². The average Bonchev–Trinajstić information content (AvgIpc) is 3.27. The van der Waals surface area contributed by atoms with Gasteiger partial charge in [-0.3, -0.25) is 4.79 Å². The van der Waals surface area contributed by atoms with Crippen LogP contribution in [0, 0.1) is 5.92 Å². The predicted octanol–water partition coefficient (Wildman–Crippen LogP) is 1.80.